The highest BCUT2D eigenvalue weighted by Crippen LogP contribution is 2.17. The fourth-order valence-corrected chi connectivity index (χ4v) is 1.92. The van der Waals surface area contributed by atoms with Crippen molar-refractivity contribution in [1.82, 2.24) is 4.90 Å². The third kappa shape index (κ3) is 2.47. The predicted octanol–water partition coefficient (Wildman–Crippen LogP) is 3.07. The van der Waals surface area contributed by atoms with E-state index in [0.29, 0.717) is 17.9 Å². The van der Waals surface area contributed by atoms with Crippen LogP contribution in [-0.4, -0.2) is 17.9 Å². The number of nitrogens with zero attached hydrogens (tertiary/aromatic N) is 1. The van der Waals surface area contributed by atoms with E-state index >= 15 is 0 Å². The van der Waals surface area contributed by atoms with E-state index in [-0.39, 0.29) is 5.91 Å². The average molecular weight is 247 g/mol. The van der Waals surface area contributed by atoms with E-state index in [4.69, 9.17) is 8.83 Å². The summed E-state index contributed by atoms with van der Waals surface area (Å²) in [7, 11) is 1.75. The van der Waals surface area contributed by atoms with Crippen LogP contribution in [0.3, 0.4) is 0 Å². The van der Waals surface area contributed by atoms with Crippen LogP contribution in [0.5, 0.6) is 0 Å². The van der Waals surface area contributed by atoms with Crippen LogP contribution in [-0.2, 0) is 6.54 Å². The van der Waals surface area contributed by atoms with Gasteiger partial charge in [0.25, 0.3) is 5.91 Å². The highest BCUT2D eigenvalue weighted by molar-refractivity contribution is 5.95. The number of carbonyl (C=O) groups excluding carboxylic acids is 1. The molecule has 0 radical (unpaired) electrons. The van der Waals surface area contributed by atoms with Gasteiger partial charge in [-0.25, -0.2) is 0 Å². The SMILES string of the molecule is Cc1ccc(CN(C)C(=O)c2cc(C)oc2C)o1. The Labute approximate surface area is 106 Å². The van der Waals surface area contributed by atoms with Gasteiger partial charge in [-0.3, -0.25) is 4.79 Å². The lowest BCUT2D eigenvalue weighted by Crippen LogP contribution is -2.26. The highest BCUT2D eigenvalue weighted by atomic mass is 16.3. The molecule has 0 aliphatic carbocycles. The van der Waals surface area contributed by atoms with Crippen molar-refractivity contribution < 1.29 is 13.6 Å². The quantitative estimate of drug-likeness (QED) is 0.837. The molecule has 0 bridgehead atoms. The van der Waals surface area contributed by atoms with Gasteiger partial charge in [0.2, 0.25) is 0 Å². The molecule has 2 aromatic heterocycles. The van der Waals surface area contributed by atoms with Gasteiger partial charge in [0.15, 0.2) is 0 Å². The summed E-state index contributed by atoms with van der Waals surface area (Å²) in [4.78, 5) is 13.8. The average Bonchev–Trinajstić information content (AvgIpc) is 2.84. The lowest BCUT2D eigenvalue weighted by Gasteiger charge is -2.15. The van der Waals surface area contributed by atoms with E-state index in [2.05, 4.69) is 0 Å². The van der Waals surface area contributed by atoms with E-state index in [9.17, 15) is 4.79 Å². The van der Waals surface area contributed by atoms with Crippen LogP contribution >= 0.6 is 0 Å². The number of furan rings is 2. The molecule has 0 aliphatic heterocycles. The third-order valence-electron chi connectivity index (χ3n) is 2.81. The zero-order valence-electron chi connectivity index (χ0n) is 11.1. The number of rotatable bonds is 3. The van der Waals surface area contributed by atoms with Crippen molar-refractivity contribution >= 4 is 5.91 Å². The second kappa shape index (κ2) is 4.72. The van der Waals surface area contributed by atoms with E-state index in [0.717, 1.165) is 17.3 Å². The topological polar surface area (TPSA) is 46.6 Å². The largest absolute Gasteiger partial charge is 0.466 e. The molecule has 2 heterocycles. The van der Waals surface area contributed by atoms with Gasteiger partial charge in [0, 0.05) is 7.05 Å². The molecule has 0 unspecified atom stereocenters. The van der Waals surface area contributed by atoms with Gasteiger partial charge >= 0.3 is 0 Å². The van der Waals surface area contributed by atoms with Crippen molar-refractivity contribution in [2.24, 2.45) is 0 Å². The molecule has 0 aromatic carbocycles. The Hall–Kier alpha value is -1.97. The maximum Gasteiger partial charge on any atom is 0.257 e. The van der Waals surface area contributed by atoms with Crippen LogP contribution in [0.1, 0.15) is 33.4 Å². The van der Waals surface area contributed by atoms with Gasteiger partial charge in [-0.15, -0.1) is 0 Å². The van der Waals surface area contributed by atoms with E-state index < -0.39 is 0 Å². The van der Waals surface area contributed by atoms with Crippen LogP contribution < -0.4 is 0 Å². The minimum absolute atomic E-state index is 0.0570. The number of amides is 1. The Balaban J connectivity index is 2.11. The second-order valence-corrected chi connectivity index (χ2v) is 4.50. The van der Waals surface area contributed by atoms with Crippen LogP contribution in [0.4, 0.5) is 0 Å². The molecule has 1 amide bonds. The number of carbonyl (C=O) groups is 1. The normalized spacial score (nSPS) is 10.7. The fourth-order valence-electron chi connectivity index (χ4n) is 1.92. The molecule has 0 atom stereocenters. The first-order valence-corrected chi connectivity index (χ1v) is 5.85. The predicted molar refractivity (Wildman–Crippen MR) is 67.4 cm³/mol. The van der Waals surface area contributed by atoms with Crippen molar-refractivity contribution in [3.05, 3.63) is 46.8 Å². The van der Waals surface area contributed by atoms with Gasteiger partial charge in [-0.2, -0.15) is 0 Å². The highest BCUT2D eigenvalue weighted by Gasteiger charge is 2.18. The standard InChI is InChI=1S/C14H17NO3/c1-9-5-6-12(18-9)8-15(4)14(16)13-7-10(2)17-11(13)3/h5-7H,8H2,1-4H3. The van der Waals surface area contributed by atoms with Crippen LogP contribution in [0, 0.1) is 20.8 Å². The second-order valence-electron chi connectivity index (χ2n) is 4.50. The molecule has 0 fully saturated rings. The molecule has 4 heteroatoms. The van der Waals surface area contributed by atoms with E-state index in [1.807, 2.05) is 26.0 Å². The molecule has 0 spiro atoms. The smallest absolute Gasteiger partial charge is 0.257 e. The van der Waals surface area contributed by atoms with Crippen molar-refractivity contribution in [3.63, 3.8) is 0 Å². The molecule has 4 nitrogen and oxygen atoms in total. The summed E-state index contributed by atoms with van der Waals surface area (Å²) >= 11 is 0. The molecule has 18 heavy (non-hydrogen) atoms. The minimum atomic E-state index is -0.0570. The Morgan fingerprint density at radius 3 is 2.39 bits per heavy atom. The zero-order valence-corrected chi connectivity index (χ0v) is 11.1. The molecular formula is C14H17NO3. The van der Waals surface area contributed by atoms with Crippen molar-refractivity contribution in [1.29, 1.82) is 0 Å². The van der Waals surface area contributed by atoms with Crippen LogP contribution in [0.15, 0.2) is 27.0 Å². The Morgan fingerprint density at radius 2 is 1.89 bits per heavy atom. The summed E-state index contributed by atoms with van der Waals surface area (Å²) in [5, 5.41) is 0. The summed E-state index contributed by atoms with van der Waals surface area (Å²) < 4.78 is 10.8. The lowest BCUT2D eigenvalue weighted by molar-refractivity contribution is 0.0773. The fraction of sp³-hybridized carbons (Fsp3) is 0.357. The molecule has 2 rings (SSSR count). The minimum Gasteiger partial charge on any atom is -0.466 e. The maximum atomic E-state index is 12.2. The van der Waals surface area contributed by atoms with Gasteiger partial charge in [0.1, 0.15) is 23.0 Å². The summed E-state index contributed by atoms with van der Waals surface area (Å²) in [5.74, 6) is 2.97. The summed E-state index contributed by atoms with van der Waals surface area (Å²) in [6.45, 7) is 5.97. The molecule has 0 saturated heterocycles. The van der Waals surface area contributed by atoms with Crippen LogP contribution in [0.25, 0.3) is 0 Å². The van der Waals surface area contributed by atoms with Gasteiger partial charge < -0.3 is 13.7 Å². The molecule has 0 saturated carbocycles. The first-order chi connectivity index (χ1) is 8.47. The summed E-state index contributed by atoms with van der Waals surface area (Å²) in [6.07, 6.45) is 0. The summed E-state index contributed by atoms with van der Waals surface area (Å²) in [6, 6.07) is 5.54. The Bertz CT molecular complexity index is 565. The maximum absolute atomic E-state index is 12.2. The monoisotopic (exact) mass is 247 g/mol. The van der Waals surface area contributed by atoms with Crippen molar-refractivity contribution in [2.45, 2.75) is 27.3 Å². The first kappa shape index (κ1) is 12.5. The number of hydrogen-bond donors (Lipinski definition) is 0. The molecule has 2 aromatic rings. The Kier molecular flexibility index (Phi) is 3.28. The molecular weight excluding hydrogens is 230 g/mol. The zero-order chi connectivity index (χ0) is 13.3. The van der Waals surface area contributed by atoms with Gasteiger partial charge in [0.05, 0.1) is 12.1 Å². The molecule has 0 aliphatic rings. The summed E-state index contributed by atoms with van der Waals surface area (Å²) in [5.41, 5.74) is 0.610. The third-order valence-corrected chi connectivity index (χ3v) is 2.81. The lowest BCUT2D eigenvalue weighted by atomic mass is 10.2. The van der Waals surface area contributed by atoms with Crippen molar-refractivity contribution in [2.75, 3.05) is 7.05 Å². The van der Waals surface area contributed by atoms with Crippen LogP contribution in [0.2, 0.25) is 0 Å². The molecule has 96 valence electrons. The first-order valence-electron chi connectivity index (χ1n) is 5.85. The Morgan fingerprint density at radius 1 is 1.17 bits per heavy atom. The van der Waals surface area contributed by atoms with Gasteiger partial charge in [-0.05, 0) is 39.0 Å². The number of aryl methyl sites for hydroxylation is 3. The van der Waals surface area contributed by atoms with E-state index in [1.54, 1.807) is 24.9 Å². The van der Waals surface area contributed by atoms with Gasteiger partial charge in [-0.1, -0.05) is 0 Å². The van der Waals surface area contributed by atoms with E-state index in [1.165, 1.54) is 0 Å². The number of hydrogen-bond acceptors (Lipinski definition) is 3. The van der Waals surface area contributed by atoms with Crippen molar-refractivity contribution in [3.8, 4) is 0 Å². The molecule has 0 N–H and O–H groups in total.